The summed E-state index contributed by atoms with van der Waals surface area (Å²) in [6.07, 6.45) is 18.4. The number of methoxy groups -OCH3 is 3. The van der Waals surface area contributed by atoms with Crippen LogP contribution in [0.1, 0.15) is 173 Å². The Labute approximate surface area is 623 Å². The van der Waals surface area contributed by atoms with Gasteiger partial charge < -0.3 is 43.1 Å². The highest BCUT2D eigenvalue weighted by atomic mass is 16.6. The van der Waals surface area contributed by atoms with E-state index in [4.69, 9.17) is 29.2 Å². The molecule has 0 bridgehead atoms. The Morgan fingerprint density at radius 3 is 1.67 bits per heavy atom. The number of nitrogens with zero attached hydrogens (tertiary/aromatic N) is 15. The number of rotatable bonds is 14. The molecule has 1 spiro atoms. The molecule has 2 aliphatic carbocycles. The van der Waals surface area contributed by atoms with Gasteiger partial charge in [-0.05, 0) is 209 Å². The van der Waals surface area contributed by atoms with E-state index in [9.17, 15) is 29.2 Å². The van der Waals surface area contributed by atoms with Crippen molar-refractivity contribution in [3.63, 3.8) is 0 Å². The van der Waals surface area contributed by atoms with Crippen LogP contribution in [-0.2, 0) is 89.0 Å². The number of nitrogens with one attached hydrogen (secondary N) is 2. The van der Waals surface area contributed by atoms with E-state index in [1.807, 2.05) is 101 Å². The molecule has 5 aromatic heterocycles. The van der Waals surface area contributed by atoms with Crippen LogP contribution in [0.3, 0.4) is 0 Å². The zero-order valence-corrected chi connectivity index (χ0v) is 62.9. The number of nitriles is 1. The molecule has 6 aliphatic rings. The normalized spacial score (nSPS) is 20.0. The van der Waals surface area contributed by atoms with Gasteiger partial charge in [-0.25, -0.2) is 29.3 Å². The fraction of sp³-hybridized carbons (Fsp3) is 0.463. The third kappa shape index (κ3) is 14.5. The fourth-order valence-corrected chi connectivity index (χ4v) is 17.5. The van der Waals surface area contributed by atoms with Crippen molar-refractivity contribution in [1.82, 2.24) is 63.8 Å². The number of imidazole rings is 3. The zero-order valence-electron chi connectivity index (χ0n) is 62.9. The van der Waals surface area contributed by atoms with Gasteiger partial charge in [-0.1, -0.05) is 42.5 Å². The lowest BCUT2D eigenvalue weighted by atomic mass is 9.59. The molecular formula is C82H97N17O8. The molecule has 1 saturated heterocycles. The van der Waals surface area contributed by atoms with Gasteiger partial charge in [-0.15, -0.1) is 10.2 Å². The molecular weight excluding hydrogens is 1350 g/mol. The molecule has 0 radical (unpaired) electrons. The molecule has 16 rings (SSSR count). The van der Waals surface area contributed by atoms with E-state index < -0.39 is 0 Å². The molecule has 5 aromatic carbocycles. The average Bonchev–Trinajstić information content (AvgIpc) is 1.62. The van der Waals surface area contributed by atoms with Crippen LogP contribution in [0.4, 0.5) is 31.4 Å². The second-order valence-electron chi connectivity index (χ2n) is 29.8. The number of hydrogen-bond donors (Lipinski definition) is 2. The molecule has 10 aromatic rings. The van der Waals surface area contributed by atoms with Gasteiger partial charge >= 0.3 is 18.3 Å². The Bertz CT molecular complexity index is 4990. The lowest BCUT2D eigenvalue weighted by molar-refractivity contribution is -0.122. The van der Waals surface area contributed by atoms with Crippen LogP contribution in [-0.4, -0.2) is 136 Å². The SMILES string of the molecule is COC(=O)N1c2ccc3c(nc(CCn4cccn4)n3CC(=O)NCc3nnc(C)n3C)c2CC[C@@H]1C.COC(=O)N1c2ccc3c(nc(Cc4cccc(C#N)c4)n3C3CCC(C(C)=O)CC3)c2CC[C@@H]1C.COC(=O)N1c2ccc3c(nc(Cc4ccccc4)n3[C@@H]3CCC34CCNCC4)c2CC[C@@H]1C. The molecule has 107 heavy (non-hydrogen) atoms. The summed E-state index contributed by atoms with van der Waals surface area (Å²) in [6, 6.07) is 35.7. The molecule has 4 aliphatic heterocycles. The van der Waals surface area contributed by atoms with Gasteiger partial charge in [-0.2, -0.15) is 10.4 Å². The summed E-state index contributed by atoms with van der Waals surface area (Å²) in [4.78, 5) is 83.5. The van der Waals surface area contributed by atoms with Crippen LogP contribution in [0.15, 0.2) is 109 Å². The van der Waals surface area contributed by atoms with Gasteiger partial charge in [0.05, 0.1) is 89.7 Å². The molecule has 4 atom stereocenters. The molecule has 25 heteroatoms. The third-order valence-electron chi connectivity index (χ3n) is 23.6. The summed E-state index contributed by atoms with van der Waals surface area (Å²) in [6.45, 7) is 13.0. The number of ketones is 1. The van der Waals surface area contributed by atoms with Crippen molar-refractivity contribution in [3.05, 3.63) is 172 Å². The van der Waals surface area contributed by atoms with Crippen molar-refractivity contribution in [2.75, 3.05) is 49.1 Å². The quantitative estimate of drug-likeness (QED) is 0.0958. The predicted molar refractivity (Wildman–Crippen MR) is 408 cm³/mol. The minimum absolute atomic E-state index is 0.0220. The molecule has 2 N–H and O–H groups in total. The van der Waals surface area contributed by atoms with E-state index in [0.29, 0.717) is 42.2 Å². The summed E-state index contributed by atoms with van der Waals surface area (Å²) < 4.78 is 25.9. The summed E-state index contributed by atoms with van der Waals surface area (Å²) in [7, 11) is 6.14. The second-order valence-corrected chi connectivity index (χ2v) is 29.8. The van der Waals surface area contributed by atoms with Gasteiger partial charge in [0.1, 0.15) is 35.6 Å². The number of aromatic nitrogens is 11. The maximum atomic E-state index is 13.0. The minimum Gasteiger partial charge on any atom is -0.452 e. The fourth-order valence-electron chi connectivity index (χ4n) is 17.5. The van der Waals surface area contributed by atoms with Gasteiger partial charge in [0.25, 0.3) is 0 Å². The smallest absolute Gasteiger partial charge is 0.414 e. The van der Waals surface area contributed by atoms with E-state index in [2.05, 4.69) is 96.6 Å². The number of anilines is 3. The Balaban J connectivity index is 0.000000135. The average molecular weight is 1450 g/mol. The van der Waals surface area contributed by atoms with Crippen molar-refractivity contribution in [2.45, 2.75) is 194 Å². The van der Waals surface area contributed by atoms with E-state index in [0.717, 1.165) is 168 Å². The summed E-state index contributed by atoms with van der Waals surface area (Å²) >= 11 is 0. The number of carbonyl (C=O) groups excluding carboxylic acids is 5. The highest BCUT2D eigenvalue weighted by Gasteiger charge is 2.49. The van der Waals surface area contributed by atoms with E-state index >= 15 is 0 Å². The van der Waals surface area contributed by atoms with E-state index in [1.165, 1.54) is 63.7 Å². The molecule has 0 unspecified atom stereocenters. The lowest BCUT2D eigenvalue weighted by Gasteiger charge is -2.53. The second kappa shape index (κ2) is 31.4. The van der Waals surface area contributed by atoms with Gasteiger partial charge in [0, 0.05) is 98.1 Å². The van der Waals surface area contributed by atoms with Gasteiger partial charge in [0.2, 0.25) is 5.91 Å². The number of hydrogen-bond acceptors (Lipinski definition) is 16. The first kappa shape index (κ1) is 73.2. The largest absolute Gasteiger partial charge is 0.452 e. The Kier molecular flexibility index (Phi) is 21.5. The minimum atomic E-state index is -0.385. The van der Waals surface area contributed by atoms with Crippen molar-refractivity contribution in [1.29, 1.82) is 5.26 Å². The standard InChI is InChI=1S/C29H32N4O3.C28H34N4O2.C25H31N9O3/c1-18-7-12-24-25(32(18)29(35)36-3)13-14-26-28(24)31-27(16-20-5-4-6-21(15-20)17-30)33(26)23-10-8-22(9-11-23)19(2)34;1-19-8-9-21-22(31(19)27(33)34-2)10-11-23-26(21)30-25(18-20-6-4-3-5-7-20)32(23)24-12-13-28(24)14-16-29-17-15-28;1-16-6-7-18-19(34(16)25(36)37-4)8-9-20-24(18)28-21(10-13-32-12-5-11-27-32)33(20)15-23(35)26-14-22-30-29-17(2)31(22)3/h4-6,13-15,18,22-23H,7-12,16H2,1-3H3;3-7,10-11,19,24,29H,8-9,12-18H2,1-2H3;5,8-9,11-12,16H,6-7,10,13-15H2,1-4H3,(H,26,35)/t18-,22?,23?;19-,24+;16-/m000/s1. The van der Waals surface area contributed by atoms with Crippen molar-refractivity contribution in [3.8, 4) is 6.07 Å². The number of aryl methyl sites for hydroxylation is 6. The Morgan fingerprint density at radius 1 is 0.607 bits per heavy atom. The number of fused-ring (bicyclic) bond motifs is 9. The molecule has 2 saturated carbocycles. The zero-order chi connectivity index (χ0) is 74.8. The van der Waals surface area contributed by atoms with Crippen molar-refractivity contribution in [2.24, 2.45) is 18.4 Å². The van der Waals surface area contributed by atoms with Gasteiger partial charge in [0.15, 0.2) is 5.82 Å². The van der Waals surface area contributed by atoms with Crippen LogP contribution in [0.25, 0.3) is 33.1 Å². The molecule has 9 heterocycles. The van der Waals surface area contributed by atoms with Crippen LogP contribution in [0, 0.1) is 29.6 Å². The van der Waals surface area contributed by atoms with Crippen LogP contribution >= 0.6 is 0 Å². The van der Waals surface area contributed by atoms with E-state index in [1.54, 1.807) is 22.9 Å². The number of Topliss-reactive ketones (excluding diaryl/α,β-unsaturated/α-hetero) is 1. The van der Waals surface area contributed by atoms with Crippen LogP contribution < -0.4 is 25.3 Å². The molecule has 558 valence electrons. The summed E-state index contributed by atoms with van der Waals surface area (Å²) in [5.74, 6) is 4.65. The maximum absolute atomic E-state index is 13.0. The third-order valence-corrected chi connectivity index (χ3v) is 23.6. The molecule has 25 nitrogen and oxygen atoms in total. The molecule has 3 fully saturated rings. The highest BCUT2D eigenvalue weighted by Crippen LogP contribution is 2.57. The number of piperidine rings is 1. The van der Waals surface area contributed by atoms with Crippen LogP contribution in [0.5, 0.6) is 0 Å². The number of benzene rings is 5. The van der Waals surface area contributed by atoms with Crippen LogP contribution in [0.2, 0.25) is 0 Å². The molecule has 4 amide bonds. The lowest BCUT2D eigenvalue weighted by Crippen LogP contribution is -2.49. The maximum Gasteiger partial charge on any atom is 0.414 e. The highest BCUT2D eigenvalue weighted by molar-refractivity contribution is 5.98. The summed E-state index contributed by atoms with van der Waals surface area (Å²) in [5, 5.41) is 28.3. The predicted octanol–water partition coefficient (Wildman–Crippen LogP) is 13.1. The first-order chi connectivity index (χ1) is 51.9. The van der Waals surface area contributed by atoms with Crippen molar-refractivity contribution >= 4 is 80.1 Å². The topological polar surface area (TPSA) is 273 Å². The van der Waals surface area contributed by atoms with E-state index in [-0.39, 0.29) is 73.1 Å². The Hall–Kier alpha value is -10.7. The summed E-state index contributed by atoms with van der Waals surface area (Å²) in [5.41, 5.74) is 15.2. The van der Waals surface area contributed by atoms with Gasteiger partial charge in [-0.3, -0.25) is 29.0 Å². The first-order valence-electron chi connectivity index (χ1n) is 37.9. The van der Waals surface area contributed by atoms with Crippen molar-refractivity contribution < 1.29 is 38.2 Å². The monoisotopic (exact) mass is 1450 g/mol. The first-order valence-corrected chi connectivity index (χ1v) is 37.9. The number of carbonyl (C=O) groups is 5. The number of amides is 4. The Morgan fingerprint density at radius 2 is 1.15 bits per heavy atom. The number of ether oxygens (including phenoxy) is 3.